The Bertz CT molecular complexity index is 763. The molecule has 1 unspecified atom stereocenters. The first-order chi connectivity index (χ1) is 11.5. The molecule has 0 amide bonds. The van der Waals surface area contributed by atoms with Gasteiger partial charge in [0.15, 0.2) is 0 Å². The summed E-state index contributed by atoms with van der Waals surface area (Å²) in [7, 11) is -3.36. The van der Waals surface area contributed by atoms with Crippen molar-refractivity contribution in [3.8, 4) is 0 Å². The molecule has 24 heavy (non-hydrogen) atoms. The average Bonchev–Trinajstić information content (AvgIpc) is 2.70. The molecule has 6 heteroatoms. The fourth-order valence-electron chi connectivity index (χ4n) is 2.86. The molecule has 1 aliphatic heterocycles. The van der Waals surface area contributed by atoms with Crippen molar-refractivity contribution in [3.63, 3.8) is 0 Å². The van der Waals surface area contributed by atoms with E-state index in [1.807, 2.05) is 42.5 Å². The summed E-state index contributed by atoms with van der Waals surface area (Å²) < 4.78 is 32.5. The number of nitrogens with zero attached hydrogens (tertiary/aromatic N) is 1. The minimum Gasteiger partial charge on any atom is -0.379 e. The van der Waals surface area contributed by atoms with E-state index < -0.39 is 10.0 Å². The van der Waals surface area contributed by atoms with Crippen LogP contribution in [0, 0.1) is 0 Å². The second kappa shape index (κ2) is 7.66. The topological polar surface area (TPSA) is 46.6 Å². The van der Waals surface area contributed by atoms with Crippen molar-refractivity contribution < 1.29 is 13.2 Å². The maximum Gasteiger partial charge on any atom is 0.217 e. The zero-order chi connectivity index (χ0) is 17.0. The Kier molecular flexibility index (Phi) is 5.56. The molecule has 0 aliphatic carbocycles. The Hall–Kier alpha value is -1.40. The van der Waals surface area contributed by atoms with E-state index >= 15 is 0 Å². The normalized spacial score (nSPS) is 21.3. The molecule has 0 spiro atoms. The van der Waals surface area contributed by atoms with Crippen LogP contribution in [-0.2, 0) is 27.7 Å². The maximum atomic E-state index is 12.7. The third-order valence-electron chi connectivity index (χ3n) is 4.13. The van der Waals surface area contributed by atoms with Crippen molar-refractivity contribution in [3.05, 3.63) is 70.7 Å². The van der Waals surface area contributed by atoms with Gasteiger partial charge in [-0.15, -0.1) is 0 Å². The van der Waals surface area contributed by atoms with Gasteiger partial charge in [-0.25, -0.2) is 8.42 Å². The second-order valence-electron chi connectivity index (χ2n) is 5.91. The number of ether oxygens (including phenoxy) is 1. The average molecular weight is 366 g/mol. The molecule has 1 fully saturated rings. The summed E-state index contributed by atoms with van der Waals surface area (Å²) in [6, 6.07) is 17.0. The van der Waals surface area contributed by atoms with Gasteiger partial charge in [-0.1, -0.05) is 54.1 Å². The molecule has 128 valence electrons. The van der Waals surface area contributed by atoms with Crippen LogP contribution in [0.4, 0.5) is 0 Å². The molecule has 0 saturated carbocycles. The second-order valence-corrected chi connectivity index (χ2v) is 8.38. The van der Waals surface area contributed by atoms with Gasteiger partial charge in [-0.2, -0.15) is 4.31 Å². The summed E-state index contributed by atoms with van der Waals surface area (Å²) in [5, 5.41) is 0.640. The lowest BCUT2D eigenvalue weighted by atomic mass is 10.1. The Morgan fingerprint density at radius 1 is 1.04 bits per heavy atom. The van der Waals surface area contributed by atoms with Gasteiger partial charge < -0.3 is 4.74 Å². The minimum atomic E-state index is -3.36. The third-order valence-corrected chi connectivity index (χ3v) is 6.20. The zero-order valence-electron chi connectivity index (χ0n) is 13.3. The van der Waals surface area contributed by atoms with Crippen molar-refractivity contribution in [1.29, 1.82) is 0 Å². The van der Waals surface area contributed by atoms with E-state index in [4.69, 9.17) is 16.3 Å². The molecule has 2 aromatic carbocycles. The van der Waals surface area contributed by atoms with E-state index in [1.54, 1.807) is 16.4 Å². The Labute approximate surface area is 148 Å². The summed E-state index contributed by atoms with van der Waals surface area (Å²) in [6.07, 6.45) is 0.633. The zero-order valence-corrected chi connectivity index (χ0v) is 14.8. The van der Waals surface area contributed by atoms with Crippen LogP contribution in [0.2, 0.25) is 5.02 Å². The summed E-state index contributed by atoms with van der Waals surface area (Å²) >= 11 is 5.92. The van der Waals surface area contributed by atoms with Crippen molar-refractivity contribution in [2.45, 2.75) is 19.0 Å². The smallest absolute Gasteiger partial charge is 0.217 e. The molecule has 0 bridgehead atoms. The molecule has 2 aromatic rings. The molecule has 4 nitrogen and oxygen atoms in total. The molecular weight excluding hydrogens is 346 g/mol. The maximum absolute atomic E-state index is 12.7. The van der Waals surface area contributed by atoms with Gasteiger partial charge in [-0.3, -0.25) is 0 Å². The Balaban J connectivity index is 1.86. The highest BCUT2D eigenvalue weighted by Crippen LogP contribution is 2.21. The predicted molar refractivity (Wildman–Crippen MR) is 95.5 cm³/mol. The summed E-state index contributed by atoms with van der Waals surface area (Å²) in [5.74, 6) is 0.0197. The van der Waals surface area contributed by atoms with Gasteiger partial charge in [0.2, 0.25) is 10.0 Å². The Morgan fingerprint density at radius 2 is 1.75 bits per heavy atom. The molecule has 1 atom stereocenters. The number of halogens is 1. The predicted octanol–water partition coefficient (Wildman–Crippen LogP) is 3.11. The lowest BCUT2D eigenvalue weighted by molar-refractivity contribution is 0.109. The highest BCUT2D eigenvalue weighted by Gasteiger charge is 2.32. The molecular formula is C18H20ClNO3S. The van der Waals surface area contributed by atoms with Crippen LogP contribution in [0.3, 0.4) is 0 Å². The highest BCUT2D eigenvalue weighted by atomic mass is 35.5. The molecule has 0 aromatic heterocycles. The summed E-state index contributed by atoms with van der Waals surface area (Å²) in [6.45, 7) is 0.979. The standard InChI is InChI=1S/C18H20ClNO3S/c19-17-8-6-16(7-9-17)13-20-18(12-15-4-2-1-3-5-15)14-23-10-11-24(20,21)22/h1-9,18H,10-14H2. The van der Waals surface area contributed by atoms with Crippen molar-refractivity contribution in [2.75, 3.05) is 19.0 Å². The van der Waals surface area contributed by atoms with Gasteiger partial charge >= 0.3 is 0 Å². The number of sulfonamides is 1. The lowest BCUT2D eigenvalue weighted by Crippen LogP contribution is -2.42. The number of benzene rings is 2. The van der Waals surface area contributed by atoms with E-state index in [2.05, 4.69) is 0 Å². The van der Waals surface area contributed by atoms with Crippen molar-refractivity contribution in [2.24, 2.45) is 0 Å². The number of rotatable bonds is 4. The molecule has 0 radical (unpaired) electrons. The van der Waals surface area contributed by atoms with E-state index in [0.29, 0.717) is 24.6 Å². The van der Waals surface area contributed by atoms with Gasteiger partial charge in [-0.05, 0) is 29.7 Å². The first-order valence-electron chi connectivity index (χ1n) is 7.90. The largest absolute Gasteiger partial charge is 0.379 e. The quantitative estimate of drug-likeness (QED) is 0.836. The summed E-state index contributed by atoms with van der Waals surface area (Å²) in [4.78, 5) is 0. The SMILES string of the molecule is O=S1(=O)CCOCC(Cc2ccccc2)N1Cc1ccc(Cl)cc1. The van der Waals surface area contributed by atoms with E-state index in [1.165, 1.54) is 0 Å². The highest BCUT2D eigenvalue weighted by molar-refractivity contribution is 7.89. The van der Waals surface area contributed by atoms with E-state index in [-0.39, 0.29) is 18.4 Å². The van der Waals surface area contributed by atoms with Crippen LogP contribution < -0.4 is 0 Å². The van der Waals surface area contributed by atoms with Crippen LogP contribution in [0.25, 0.3) is 0 Å². The molecule has 3 rings (SSSR count). The van der Waals surface area contributed by atoms with Crippen molar-refractivity contribution >= 4 is 21.6 Å². The Morgan fingerprint density at radius 3 is 2.46 bits per heavy atom. The van der Waals surface area contributed by atoms with E-state index in [0.717, 1.165) is 11.1 Å². The molecule has 0 N–H and O–H groups in total. The van der Waals surface area contributed by atoms with Gasteiger partial charge in [0.25, 0.3) is 0 Å². The van der Waals surface area contributed by atoms with Gasteiger partial charge in [0.05, 0.1) is 25.0 Å². The first-order valence-corrected chi connectivity index (χ1v) is 9.89. The third kappa shape index (κ3) is 4.36. The lowest BCUT2D eigenvalue weighted by Gasteiger charge is -2.28. The fourth-order valence-corrected chi connectivity index (χ4v) is 4.48. The van der Waals surface area contributed by atoms with Crippen LogP contribution in [0.5, 0.6) is 0 Å². The number of hydrogen-bond donors (Lipinski definition) is 0. The van der Waals surface area contributed by atoms with E-state index in [9.17, 15) is 8.42 Å². The van der Waals surface area contributed by atoms with Crippen molar-refractivity contribution in [1.82, 2.24) is 4.31 Å². The van der Waals surface area contributed by atoms with Gasteiger partial charge in [0.1, 0.15) is 0 Å². The molecule has 1 aliphatic rings. The monoisotopic (exact) mass is 365 g/mol. The van der Waals surface area contributed by atoms with Crippen LogP contribution >= 0.6 is 11.6 Å². The number of hydrogen-bond acceptors (Lipinski definition) is 3. The fraction of sp³-hybridized carbons (Fsp3) is 0.333. The molecule has 1 saturated heterocycles. The van der Waals surface area contributed by atoms with Crippen LogP contribution in [-0.4, -0.2) is 37.7 Å². The molecule has 1 heterocycles. The minimum absolute atomic E-state index is 0.0197. The van der Waals surface area contributed by atoms with Gasteiger partial charge in [0, 0.05) is 11.6 Å². The van der Waals surface area contributed by atoms with Crippen LogP contribution in [0.1, 0.15) is 11.1 Å². The first kappa shape index (κ1) is 17.4. The van der Waals surface area contributed by atoms with Crippen LogP contribution in [0.15, 0.2) is 54.6 Å². The summed E-state index contributed by atoms with van der Waals surface area (Å²) in [5.41, 5.74) is 2.02.